The number of nitrogens with one attached hydrogen (secondary N) is 1. The van der Waals surface area contributed by atoms with Gasteiger partial charge < -0.3 is 5.32 Å². The lowest BCUT2D eigenvalue weighted by molar-refractivity contribution is 0.0937. The molecule has 8 heteroatoms. The molecule has 1 amide bonds. The standard InChI is InChI=1S/C11H8ClF2N3OS/c1-5(8-6(13)3-2-4-7(8)14)15-9(18)10-16-17-11(12)19-10/h2-5H,1H3,(H,15,18). The van der Waals surface area contributed by atoms with E-state index >= 15 is 0 Å². The predicted octanol–water partition coefficient (Wildman–Crippen LogP) is 2.96. The molecular formula is C11H8ClF2N3OS. The van der Waals surface area contributed by atoms with Crippen molar-refractivity contribution in [2.75, 3.05) is 0 Å². The third-order valence-corrected chi connectivity index (χ3v) is 3.39. The van der Waals surface area contributed by atoms with Crippen LogP contribution in [0.1, 0.15) is 28.3 Å². The molecule has 0 aliphatic carbocycles. The van der Waals surface area contributed by atoms with Gasteiger partial charge in [-0.25, -0.2) is 8.78 Å². The molecule has 2 rings (SSSR count). The van der Waals surface area contributed by atoms with Crippen LogP contribution in [0.3, 0.4) is 0 Å². The maximum Gasteiger partial charge on any atom is 0.282 e. The fourth-order valence-electron chi connectivity index (χ4n) is 1.55. The molecule has 19 heavy (non-hydrogen) atoms. The molecule has 100 valence electrons. The molecule has 0 saturated carbocycles. The molecule has 1 unspecified atom stereocenters. The molecule has 0 fully saturated rings. The van der Waals surface area contributed by atoms with Gasteiger partial charge in [0, 0.05) is 5.56 Å². The zero-order valence-electron chi connectivity index (χ0n) is 9.65. The number of hydrogen-bond donors (Lipinski definition) is 1. The second-order valence-corrected chi connectivity index (χ2v) is 5.25. The zero-order chi connectivity index (χ0) is 14.0. The average Bonchev–Trinajstić information content (AvgIpc) is 2.75. The lowest BCUT2D eigenvalue weighted by Crippen LogP contribution is -2.27. The number of amides is 1. The summed E-state index contributed by atoms with van der Waals surface area (Å²) < 4.78 is 27.2. The number of carbonyl (C=O) groups excluding carboxylic acids is 1. The monoisotopic (exact) mass is 303 g/mol. The summed E-state index contributed by atoms with van der Waals surface area (Å²) in [6, 6.07) is 2.68. The fraction of sp³-hybridized carbons (Fsp3) is 0.182. The molecule has 1 aromatic heterocycles. The van der Waals surface area contributed by atoms with E-state index in [0.717, 1.165) is 23.5 Å². The van der Waals surface area contributed by atoms with Gasteiger partial charge in [-0.15, -0.1) is 10.2 Å². The molecule has 2 aromatic rings. The SMILES string of the molecule is CC(NC(=O)c1nnc(Cl)s1)c1c(F)cccc1F. The van der Waals surface area contributed by atoms with Crippen LogP contribution < -0.4 is 5.32 Å². The maximum atomic E-state index is 13.5. The number of benzene rings is 1. The lowest BCUT2D eigenvalue weighted by Gasteiger charge is -2.14. The summed E-state index contributed by atoms with van der Waals surface area (Å²) in [5.41, 5.74) is -0.202. The van der Waals surface area contributed by atoms with Crippen LogP contribution in [0.15, 0.2) is 18.2 Å². The number of halogens is 3. The molecular weight excluding hydrogens is 296 g/mol. The predicted molar refractivity (Wildman–Crippen MR) is 67.2 cm³/mol. The molecule has 0 aliphatic rings. The summed E-state index contributed by atoms with van der Waals surface area (Å²) in [7, 11) is 0. The van der Waals surface area contributed by atoms with E-state index in [-0.39, 0.29) is 15.0 Å². The van der Waals surface area contributed by atoms with Gasteiger partial charge >= 0.3 is 0 Å². The van der Waals surface area contributed by atoms with E-state index < -0.39 is 23.6 Å². The Labute approximate surface area is 116 Å². The van der Waals surface area contributed by atoms with E-state index in [1.807, 2.05) is 0 Å². The van der Waals surface area contributed by atoms with Crippen molar-refractivity contribution < 1.29 is 13.6 Å². The van der Waals surface area contributed by atoms with E-state index in [9.17, 15) is 13.6 Å². The Morgan fingerprint density at radius 3 is 2.53 bits per heavy atom. The molecule has 0 aliphatic heterocycles. The van der Waals surface area contributed by atoms with Gasteiger partial charge in [0.2, 0.25) is 9.47 Å². The van der Waals surface area contributed by atoms with Crippen molar-refractivity contribution in [2.45, 2.75) is 13.0 Å². The zero-order valence-corrected chi connectivity index (χ0v) is 11.2. The highest BCUT2D eigenvalue weighted by Crippen LogP contribution is 2.21. The number of hydrogen-bond acceptors (Lipinski definition) is 4. The number of carbonyl (C=O) groups is 1. The van der Waals surface area contributed by atoms with Crippen LogP contribution >= 0.6 is 22.9 Å². The molecule has 1 atom stereocenters. The Balaban J connectivity index is 2.17. The minimum absolute atomic E-state index is 0.0357. The topological polar surface area (TPSA) is 54.9 Å². The second-order valence-electron chi connectivity index (χ2n) is 3.69. The van der Waals surface area contributed by atoms with E-state index in [1.54, 1.807) is 0 Å². The van der Waals surface area contributed by atoms with Gasteiger partial charge in [-0.05, 0) is 30.7 Å². The van der Waals surface area contributed by atoms with Gasteiger partial charge in [-0.3, -0.25) is 4.79 Å². The highest BCUT2D eigenvalue weighted by molar-refractivity contribution is 7.17. The van der Waals surface area contributed by atoms with Gasteiger partial charge in [0.15, 0.2) is 0 Å². The largest absolute Gasteiger partial charge is 0.343 e. The van der Waals surface area contributed by atoms with Crippen LogP contribution in [0.4, 0.5) is 8.78 Å². The molecule has 0 saturated heterocycles. The molecule has 4 nitrogen and oxygen atoms in total. The van der Waals surface area contributed by atoms with Crippen LogP contribution in [0, 0.1) is 11.6 Å². The first kappa shape index (κ1) is 13.8. The smallest absolute Gasteiger partial charge is 0.282 e. The van der Waals surface area contributed by atoms with Crippen LogP contribution in [0.5, 0.6) is 0 Å². The van der Waals surface area contributed by atoms with Crippen LogP contribution in [-0.2, 0) is 0 Å². The van der Waals surface area contributed by atoms with E-state index in [1.165, 1.54) is 13.0 Å². The average molecular weight is 304 g/mol. The highest BCUT2D eigenvalue weighted by Gasteiger charge is 2.20. The highest BCUT2D eigenvalue weighted by atomic mass is 35.5. The number of nitrogens with zero attached hydrogens (tertiary/aromatic N) is 2. The summed E-state index contributed by atoms with van der Waals surface area (Å²) in [6.07, 6.45) is 0. The first-order valence-corrected chi connectivity index (χ1v) is 6.42. The minimum Gasteiger partial charge on any atom is -0.343 e. The Morgan fingerprint density at radius 2 is 2.00 bits per heavy atom. The number of aromatic nitrogens is 2. The van der Waals surface area contributed by atoms with Crippen LogP contribution in [0.2, 0.25) is 4.47 Å². The van der Waals surface area contributed by atoms with Crippen molar-refractivity contribution in [1.29, 1.82) is 0 Å². The number of rotatable bonds is 3. The van der Waals surface area contributed by atoms with Crippen molar-refractivity contribution >= 4 is 28.8 Å². The van der Waals surface area contributed by atoms with Crippen molar-refractivity contribution in [3.63, 3.8) is 0 Å². The third kappa shape index (κ3) is 3.05. The molecule has 0 spiro atoms. The summed E-state index contributed by atoms with van der Waals surface area (Å²) in [5, 5.41) is 9.50. The molecule has 0 bridgehead atoms. The third-order valence-electron chi connectivity index (χ3n) is 2.37. The van der Waals surface area contributed by atoms with Crippen molar-refractivity contribution in [1.82, 2.24) is 15.5 Å². The van der Waals surface area contributed by atoms with Crippen molar-refractivity contribution in [3.8, 4) is 0 Å². The molecule has 1 aromatic carbocycles. The Hall–Kier alpha value is -1.60. The molecule has 1 N–H and O–H groups in total. The van der Waals surface area contributed by atoms with E-state index in [2.05, 4.69) is 15.5 Å². The summed E-state index contributed by atoms with van der Waals surface area (Å²) in [6.45, 7) is 1.47. The van der Waals surface area contributed by atoms with Gasteiger partial charge in [0.1, 0.15) is 11.6 Å². The van der Waals surface area contributed by atoms with Crippen molar-refractivity contribution in [3.05, 3.63) is 44.9 Å². The van der Waals surface area contributed by atoms with E-state index in [0.29, 0.717) is 0 Å². The first-order chi connectivity index (χ1) is 8.99. The Morgan fingerprint density at radius 1 is 1.37 bits per heavy atom. The Bertz CT molecular complexity index is 599. The molecule has 0 radical (unpaired) electrons. The Kier molecular flexibility index (Phi) is 4.06. The minimum atomic E-state index is -0.837. The van der Waals surface area contributed by atoms with Crippen LogP contribution in [0.25, 0.3) is 0 Å². The first-order valence-electron chi connectivity index (χ1n) is 5.23. The quantitative estimate of drug-likeness (QED) is 0.948. The van der Waals surface area contributed by atoms with Crippen LogP contribution in [-0.4, -0.2) is 16.1 Å². The molecule has 1 heterocycles. The summed E-state index contributed by atoms with van der Waals surface area (Å²) in [5.74, 6) is -2.02. The van der Waals surface area contributed by atoms with Crippen molar-refractivity contribution in [2.24, 2.45) is 0 Å². The van der Waals surface area contributed by atoms with Gasteiger partial charge in [-0.1, -0.05) is 17.4 Å². The summed E-state index contributed by atoms with van der Waals surface area (Å²) in [4.78, 5) is 11.8. The fourth-order valence-corrected chi connectivity index (χ4v) is 2.28. The normalized spacial score (nSPS) is 12.2. The summed E-state index contributed by atoms with van der Waals surface area (Å²) >= 11 is 6.44. The lowest BCUT2D eigenvalue weighted by atomic mass is 10.1. The maximum absolute atomic E-state index is 13.5. The second kappa shape index (κ2) is 5.58. The van der Waals surface area contributed by atoms with E-state index in [4.69, 9.17) is 11.6 Å². The van der Waals surface area contributed by atoms with Gasteiger partial charge in [0.05, 0.1) is 6.04 Å². The van der Waals surface area contributed by atoms with Gasteiger partial charge in [-0.2, -0.15) is 0 Å². The van der Waals surface area contributed by atoms with Gasteiger partial charge in [0.25, 0.3) is 5.91 Å².